The van der Waals surface area contributed by atoms with Gasteiger partial charge in [-0.1, -0.05) is 172 Å². The molecule has 3 heteroatoms. The predicted octanol–water partition coefficient (Wildman–Crippen LogP) is 18.7. The highest BCUT2D eigenvalue weighted by molar-refractivity contribution is 5.83. The highest BCUT2D eigenvalue weighted by atomic mass is 15.2. The molecule has 3 nitrogen and oxygen atoms in total. The van der Waals surface area contributed by atoms with Crippen LogP contribution in [0.2, 0.25) is 0 Å². The van der Waals surface area contributed by atoms with Crippen molar-refractivity contribution in [1.82, 2.24) is 0 Å². The molecule has 0 heterocycles. The largest absolute Gasteiger partial charge is 0.315 e. The topological polar surface area (TPSA) is 9.72 Å². The van der Waals surface area contributed by atoms with Crippen LogP contribution in [-0.2, 0) is 6.42 Å². The van der Waals surface area contributed by atoms with E-state index in [-0.39, 0.29) is 11.3 Å². The van der Waals surface area contributed by atoms with Crippen molar-refractivity contribution >= 4 is 45.5 Å². The summed E-state index contributed by atoms with van der Waals surface area (Å²) in [6.07, 6.45) is 17.9. The molecule has 8 aromatic carbocycles. The molecular formula is C66H63N3. The zero-order chi connectivity index (χ0) is 47.6. The normalized spacial score (nSPS) is 16.1. The van der Waals surface area contributed by atoms with Crippen molar-refractivity contribution in [3.63, 3.8) is 0 Å². The van der Waals surface area contributed by atoms with Crippen LogP contribution in [0.4, 0.5) is 45.5 Å². The zero-order valence-electron chi connectivity index (χ0n) is 40.7. The lowest BCUT2D eigenvalue weighted by molar-refractivity contribution is 0.216. The van der Waals surface area contributed by atoms with E-state index in [9.17, 15) is 0 Å². The number of aryl methyl sites for hydroxylation is 1. The zero-order valence-corrected chi connectivity index (χ0v) is 40.7. The summed E-state index contributed by atoms with van der Waals surface area (Å²) in [5.74, 6) is 0.749. The molecule has 0 radical (unpaired) electrons. The maximum Gasteiger partial charge on any atom is 0.0463 e. The monoisotopic (exact) mass is 898 g/mol. The van der Waals surface area contributed by atoms with Gasteiger partial charge in [0.15, 0.2) is 0 Å². The van der Waals surface area contributed by atoms with Crippen LogP contribution in [0.3, 0.4) is 0 Å². The summed E-state index contributed by atoms with van der Waals surface area (Å²) >= 11 is 0. The molecule has 1 aliphatic carbocycles. The second-order valence-corrected chi connectivity index (χ2v) is 18.4. The lowest BCUT2D eigenvalue weighted by atomic mass is 9.61. The number of allylic oxidation sites excluding steroid dienone is 8. The first kappa shape index (κ1) is 46.2. The average molecular weight is 898 g/mol. The van der Waals surface area contributed by atoms with E-state index in [0.29, 0.717) is 5.92 Å². The summed E-state index contributed by atoms with van der Waals surface area (Å²) in [5.41, 5.74) is 16.4. The van der Waals surface area contributed by atoms with Gasteiger partial charge in [0.2, 0.25) is 0 Å². The Morgan fingerprint density at radius 2 is 0.971 bits per heavy atom. The molecule has 0 saturated heterocycles. The predicted molar refractivity (Wildman–Crippen MR) is 296 cm³/mol. The van der Waals surface area contributed by atoms with Crippen LogP contribution in [0.15, 0.2) is 261 Å². The van der Waals surface area contributed by atoms with Crippen molar-refractivity contribution < 1.29 is 0 Å². The molecule has 0 N–H and O–H groups in total. The number of para-hydroxylation sites is 3. The molecule has 1 aliphatic rings. The van der Waals surface area contributed by atoms with Crippen LogP contribution < -0.4 is 14.7 Å². The van der Waals surface area contributed by atoms with Crippen molar-refractivity contribution in [2.75, 3.05) is 14.7 Å². The Labute approximate surface area is 411 Å². The number of anilines is 8. The fraction of sp³-hybridized carbons (Fsp3) is 0.152. The standard InChI is InChI=1S/C66H63N3/c1-6-8-23-51(4)67(56-26-15-10-16-27-56)59-39-41-62(42-40-59)69(63-45-43-61(44-46-63)68(57-28-17-11-18-29-57)58-30-19-12-20-31-58)60-37-35-53(36-38-60)54-34-33-50(3)64(49-54)65-32-21-22-47-66(65,5)55(7-2)48-52-24-13-9-14-25-52/h6,8-47,49,55,65H,7,48H2,1-5H3/b8-6-,51-23+. The van der Waals surface area contributed by atoms with Gasteiger partial charge in [-0.15, -0.1) is 0 Å². The SMILES string of the molecule is C/C=C\C=C(/C)N(c1ccccc1)c1ccc(N(c2ccc(-c3ccc(C)c(C4C=CC=CC4(C)C(CC)Cc4ccccc4)c3)cc2)c2ccc(N(c3ccccc3)c3ccccc3)cc2)cc1. The summed E-state index contributed by atoms with van der Waals surface area (Å²) in [4.78, 5) is 6.98. The van der Waals surface area contributed by atoms with Crippen molar-refractivity contribution in [3.8, 4) is 11.1 Å². The maximum atomic E-state index is 2.48. The molecule has 3 atom stereocenters. The van der Waals surface area contributed by atoms with Crippen LogP contribution >= 0.6 is 0 Å². The van der Waals surface area contributed by atoms with Gasteiger partial charge in [-0.2, -0.15) is 0 Å². The molecule has 0 aliphatic heterocycles. The van der Waals surface area contributed by atoms with E-state index in [1.54, 1.807) is 0 Å². The molecule has 69 heavy (non-hydrogen) atoms. The van der Waals surface area contributed by atoms with Gasteiger partial charge in [-0.3, -0.25) is 0 Å². The van der Waals surface area contributed by atoms with Gasteiger partial charge >= 0.3 is 0 Å². The average Bonchev–Trinajstić information content (AvgIpc) is 3.40. The molecule has 342 valence electrons. The molecule has 3 unspecified atom stereocenters. The van der Waals surface area contributed by atoms with E-state index in [1.807, 2.05) is 0 Å². The molecule has 0 bridgehead atoms. The van der Waals surface area contributed by atoms with Gasteiger partial charge in [0.25, 0.3) is 0 Å². The Hall–Kier alpha value is -7.88. The third-order valence-electron chi connectivity index (χ3n) is 14.0. The summed E-state index contributed by atoms with van der Waals surface area (Å²) in [6.45, 7) is 11.3. The smallest absolute Gasteiger partial charge is 0.0463 e. The molecule has 0 fully saturated rings. The van der Waals surface area contributed by atoms with Gasteiger partial charge in [0.1, 0.15) is 0 Å². The van der Waals surface area contributed by atoms with Gasteiger partial charge in [-0.25, -0.2) is 0 Å². The first-order chi connectivity index (χ1) is 33.8. The van der Waals surface area contributed by atoms with Gasteiger partial charge in [-0.05, 0) is 169 Å². The third-order valence-corrected chi connectivity index (χ3v) is 14.0. The van der Waals surface area contributed by atoms with Crippen LogP contribution in [-0.4, -0.2) is 0 Å². The Balaban J connectivity index is 1.08. The van der Waals surface area contributed by atoms with Crippen molar-refractivity contribution in [1.29, 1.82) is 0 Å². The highest BCUT2D eigenvalue weighted by Crippen LogP contribution is 2.50. The number of rotatable bonds is 16. The maximum absolute atomic E-state index is 2.48. The van der Waals surface area contributed by atoms with E-state index in [4.69, 9.17) is 0 Å². The lowest BCUT2D eigenvalue weighted by Crippen LogP contribution is -2.34. The second kappa shape index (κ2) is 21.4. The molecule has 0 spiro atoms. The van der Waals surface area contributed by atoms with Crippen LogP contribution in [0.25, 0.3) is 11.1 Å². The number of nitrogens with zero attached hydrogens (tertiary/aromatic N) is 3. The molecule has 0 aromatic heterocycles. The van der Waals surface area contributed by atoms with Crippen LogP contribution in [0, 0.1) is 18.3 Å². The van der Waals surface area contributed by atoms with Crippen molar-refractivity contribution in [2.45, 2.75) is 53.4 Å². The number of hydrogen-bond acceptors (Lipinski definition) is 3. The van der Waals surface area contributed by atoms with Crippen LogP contribution in [0.1, 0.15) is 56.7 Å². The minimum absolute atomic E-state index is 0.0307. The molecule has 0 saturated carbocycles. The van der Waals surface area contributed by atoms with E-state index in [2.05, 4.69) is 304 Å². The molecule has 8 aromatic rings. The summed E-state index contributed by atoms with van der Waals surface area (Å²) in [7, 11) is 0. The van der Waals surface area contributed by atoms with E-state index < -0.39 is 0 Å². The molecule has 9 rings (SSSR count). The van der Waals surface area contributed by atoms with Gasteiger partial charge in [0.05, 0.1) is 0 Å². The first-order valence-corrected chi connectivity index (χ1v) is 24.5. The Bertz CT molecular complexity index is 2990. The fourth-order valence-corrected chi connectivity index (χ4v) is 10.2. The Morgan fingerprint density at radius 3 is 1.48 bits per heavy atom. The lowest BCUT2D eigenvalue weighted by Gasteiger charge is -2.43. The highest BCUT2D eigenvalue weighted by Gasteiger charge is 2.39. The second-order valence-electron chi connectivity index (χ2n) is 18.4. The van der Waals surface area contributed by atoms with E-state index in [1.165, 1.54) is 27.8 Å². The van der Waals surface area contributed by atoms with Gasteiger partial charge in [0, 0.05) is 57.1 Å². The van der Waals surface area contributed by atoms with Crippen molar-refractivity contribution in [3.05, 3.63) is 277 Å². The summed E-state index contributed by atoms with van der Waals surface area (Å²) in [6, 6.07) is 76.9. The van der Waals surface area contributed by atoms with Gasteiger partial charge < -0.3 is 14.7 Å². The minimum Gasteiger partial charge on any atom is -0.315 e. The number of hydrogen-bond donors (Lipinski definition) is 0. The Morgan fingerprint density at radius 1 is 0.536 bits per heavy atom. The molecule has 0 amide bonds. The fourth-order valence-electron chi connectivity index (χ4n) is 10.2. The Kier molecular flexibility index (Phi) is 14.3. The van der Waals surface area contributed by atoms with Crippen LogP contribution in [0.5, 0.6) is 0 Å². The van der Waals surface area contributed by atoms with Crippen molar-refractivity contribution in [2.24, 2.45) is 11.3 Å². The third kappa shape index (κ3) is 10.2. The van der Waals surface area contributed by atoms with E-state index in [0.717, 1.165) is 64.0 Å². The minimum atomic E-state index is -0.0307. The van der Waals surface area contributed by atoms with E-state index >= 15 is 0 Å². The first-order valence-electron chi connectivity index (χ1n) is 24.5. The number of benzene rings is 8. The summed E-state index contributed by atoms with van der Waals surface area (Å²) in [5, 5.41) is 0. The molecular weight excluding hydrogens is 835 g/mol. The quantitative estimate of drug-likeness (QED) is 0.0895. The summed E-state index contributed by atoms with van der Waals surface area (Å²) < 4.78 is 0.